The zero-order valence-electron chi connectivity index (χ0n) is 25.8. The number of hydrogen-bond acceptors (Lipinski definition) is 11. The number of aromatic nitrogens is 1. The first-order chi connectivity index (χ1) is 21.8. The number of halogens is 1. The number of methoxy groups -OCH3 is 1. The standard InChI is InChI=1S/C32H41FN2O10/c1-4-40-18-27(36)43-19-44-30-26(39-3)11-13-34-28(30)31(37)35-25-17-41-14-12-23(15-21-7-9-24(33)10-8-21)29(20(2)45-32(25)38)42-16-22-5-6-22/h7-11,13,20,22-23,25,29H,4-6,12,14-19H2,1-3H3,(H,35,37)/t20-,23+,25-,29-/m0/s1. The lowest BCUT2D eigenvalue weighted by molar-refractivity contribution is -0.166. The van der Waals surface area contributed by atoms with Crippen molar-refractivity contribution in [1.82, 2.24) is 10.3 Å². The van der Waals surface area contributed by atoms with Crippen LogP contribution in [0.4, 0.5) is 4.39 Å². The second-order valence-electron chi connectivity index (χ2n) is 11.0. The van der Waals surface area contributed by atoms with E-state index in [0.29, 0.717) is 38.6 Å². The molecule has 4 rings (SSSR count). The Morgan fingerprint density at radius 1 is 1.13 bits per heavy atom. The molecule has 0 unspecified atom stereocenters. The third-order valence-corrected chi connectivity index (χ3v) is 7.52. The van der Waals surface area contributed by atoms with Crippen LogP contribution < -0.4 is 14.8 Å². The van der Waals surface area contributed by atoms with Crippen LogP contribution in [0.5, 0.6) is 11.5 Å². The Morgan fingerprint density at radius 3 is 2.62 bits per heavy atom. The number of carbonyl (C=O) groups excluding carboxylic acids is 3. The van der Waals surface area contributed by atoms with Crippen molar-refractivity contribution in [2.75, 3.05) is 46.9 Å². The highest BCUT2D eigenvalue weighted by molar-refractivity contribution is 5.98. The van der Waals surface area contributed by atoms with Gasteiger partial charge >= 0.3 is 11.9 Å². The van der Waals surface area contributed by atoms with Gasteiger partial charge in [-0.2, -0.15) is 0 Å². The van der Waals surface area contributed by atoms with Crippen molar-refractivity contribution in [3.63, 3.8) is 0 Å². The highest BCUT2D eigenvalue weighted by Gasteiger charge is 2.36. The third kappa shape index (κ3) is 10.4. The number of amides is 1. The Bertz CT molecular complexity index is 1270. The van der Waals surface area contributed by atoms with Crippen molar-refractivity contribution < 1.29 is 51.9 Å². The quantitative estimate of drug-likeness (QED) is 0.242. The molecule has 0 radical (unpaired) electrons. The lowest BCUT2D eigenvalue weighted by Crippen LogP contribution is -2.49. The largest absolute Gasteiger partial charge is 0.493 e. The SMILES string of the molecule is CCOCC(=O)OCOc1c(OC)ccnc1C(=O)N[C@H]1COCC[C@H](Cc2ccc(F)cc2)[C@@H](OCC2CC2)[C@H](C)OC1=O. The van der Waals surface area contributed by atoms with E-state index in [0.717, 1.165) is 18.4 Å². The molecular formula is C32H41FN2O10. The van der Waals surface area contributed by atoms with Gasteiger partial charge in [-0.05, 0) is 69.1 Å². The molecule has 1 aliphatic carbocycles. The number of nitrogens with zero attached hydrogens (tertiary/aromatic N) is 1. The summed E-state index contributed by atoms with van der Waals surface area (Å²) in [6, 6.07) is 6.63. The summed E-state index contributed by atoms with van der Waals surface area (Å²) in [5.74, 6) is -1.92. The number of carbonyl (C=O) groups is 3. The predicted octanol–water partition coefficient (Wildman–Crippen LogP) is 3.25. The molecule has 4 atom stereocenters. The van der Waals surface area contributed by atoms with Gasteiger partial charge in [0.1, 0.15) is 18.5 Å². The van der Waals surface area contributed by atoms with Crippen molar-refractivity contribution in [2.45, 2.75) is 57.8 Å². The van der Waals surface area contributed by atoms with Crippen LogP contribution in [0.15, 0.2) is 36.5 Å². The van der Waals surface area contributed by atoms with Crippen LogP contribution in [0, 0.1) is 17.7 Å². The van der Waals surface area contributed by atoms with E-state index in [-0.39, 0.29) is 42.1 Å². The molecule has 45 heavy (non-hydrogen) atoms. The fourth-order valence-electron chi connectivity index (χ4n) is 4.93. The number of benzene rings is 1. The molecule has 2 aromatic rings. The molecule has 1 aromatic carbocycles. The average Bonchev–Trinajstić information content (AvgIpc) is 3.86. The molecule has 2 heterocycles. The van der Waals surface area contributed by atoms with Crippen molar-refractivity contribution >= 4 is 17.8 Å². The summed E-state index contributed by atoms with van der Waals surface area (Å²) in [7, 11) is 1.38. The maximum Gasteiger partial charge on any atom is 0.334 e. The fraction of sp³-hybridized carbons (Fsp3) is 0.562. The van der Waals surface area contributed by atoms with Gasteiger partial charge in [0, 0.05) is 32.1 Å². The van der Waals surface area contributed by atoms with Crippen LogP contribution in [0.25, 0.3) is 0 Å². The van der Waals surface area contributed by atoms with Gasteiger partial charge in [0.05, 0.1) is 19.8 Å². The molecule has 12 nitrogen and oxygen atoms in total. The summed E-state index contributed by atoms with van der Waals surface area (Å²) in [5.41, 5.74) is 0.744. The molecule has 1 aliphatic heterocycles. The second kappa shape index (κ2) is 17.0. The number of pyridine rings is 1. The summed E-state index contributed by atoms with van der Waals surface area (Å²) in [5, 5.41) is 2.63. The molecule has 1 amide bonds. The minimum atomic E-state index is -1.16. The van der Waals surface area contributed by atoms with E-state index in [9.17, 15) is 18.8 Å². The van der Waals surface area contributed by atoms with E-state index in [1.165, 1.54) is 31.5 Å². The van der Waals surface area contributed by atoms with Gasteiger partial charge in [0.15, 0.2) is 23.2 Å². The first-order valence-electron chi connectivity index (χ1n) is 15.1. The van der Waals surface area contributed by atoms with E-state index < -0.39 is 42.9 Å². The maximum absolute atomic E-state index is 13.5. The Labute approximate surface area is 261 Å². The molecule has 0 bridgehead atoms. The van der Waals surface area contributed by atoms with Crippen LogP contribution in [-0.2, 0) is 39.7 Å². The molecule has 13 heteroatoms. The van der Waals surface area contributed by atoms with Crippen LogP contribution in [0.2, 0.25) is 0 Å². The Balaban J connectivity index is 1.45. The normalized spacial score (nSPS) is 22.2. The molecule has 2 fully saturated rings. The molecule has 2 aliphatic rings. The van der Waals surface area contributed by atoms with Crippen molar-refractivity contribution in [1.29, 1.82) is 0 Å². The number of ether oxygens (including phenoxy) is 7. The van der Waals surface area contributed by atoms with Crippen molar-refractivity contribution in [3.8, 4) is 11.5 Å². The van der Waals surface area contributed by atoms with E-state index in [4.69, 9.17) is 33.2 Å². The Hall–Kier alpha value is -3.81. The highest BCUT2D eigenvalue weighted by Crippen LogP contribution is 2.32. The second-order valence-corrected chi connectivity index (χ2v) is 11.0. The van der Waals surface area contributed by atoms with Crippen LogP contribution in [0.1, 0.15) is 49.2 Å². The fourth-order valence-corrected chi connectivity index (χ4v) is 4.93. The monoisotopic (exact) mass is 632 g/mol. The summed E-state index contributed by atoms with van der Waals surface area (Å²) < 4.78 is 52.4. The zero-order chi connectivity index (χ0) is 32.2. The molecule has 1 saturated heterocycles. The van der Waals surface area contributed by atoms with Gasteiger partial charge < -0.3 is 38.5 Å². The van der Waals surface area contributed by atoms with Gasteiger partial charge in [0.25, 0.3) is 5.91 Å². The summed E-state index contributed by atoms with van der Waals surface area (Å²) >= 11 is 0. The molecule has 1 saturated carbocycles. The third-order valence-electron chi connectivity index (χ3n) is 7.52. The summed E-state index contributed by atoms with van der Waals surface area (Å²) in [6.45, 7) is 3.78. The van der Waals surface area contributed by atoms with E-state index in [2.05, 4.69) is 10.3 Å². The van der Waals surface area contributed by atoms with Crippen LogP contribution in [0.3, 0.4) is 0 Å². The Morgan fingerprint density at radius 2 is 1.91 bits per heavy atom. The van der Waals surface area contributed by atoms with E-state index in [1.54, 1.807) is 26.0 Å². The lowest BCUT2D eigenvalue weighted by Gasteiger charge is -2.34. The topological polar surface area (TPSA) is 141 Å². The van der Waals surface area contributed by atoms with Crippen molar-refractivity contribution in [2.24, 2.45) is 11.8 Å². The first-order valence-corrected chi connectivity index (χ1v) is 15.1. The molecular weight excluding hydrogens is 591 g/mol. The van der Waals surface area contributed by atoms with Gasteiger partial charge in [0.2, 0.25) is 6.79 Å². The van der Waals surface area contributed by atoms with Crippen LogP contribution >= 0.6 is 0 Å². The number of cyclic esters (lactones) is 1. The molecule has 0 spiro atoms. The number of esters is 2. The predicted molar refractivity (Wildman–Crippen MR) is 157 cm³/mol. The molecule has 246 valence electrons. The van der Waals surface area contributed by atoms with Gasteiger partial charge in [-0.25, -0.2) is 19.0 Å². The molecule has 1 N–H and O–H groups in total. The van der Waals surface area contributed by atoms with Crippen molar-refractivity contribution in [3.05, 3.63) is 53.6 Å². The Kier molecular flexibility index (Phi) is 12.9. The first kappa shape index (κ1) is 34.1. The van der Waals surface area contributed by atoms with Gasteiger partial charge in [-0.15, -0.1) is 0 Å². The average molecular weight is 633 g/mol. The van der Waals surface area contributed by atoms with E-state index >= 15 is 0 Å². The minimum absolute atomic E-state index is 0.0634. The minimum Gasteiger partial charge on any atom is -0.493 e. The number of rotatable bonds is 14. The smallest absolute Gasteiger partial charge is 0.334 e. The van der Waals surface area contributed by atoms with Crippen LogP contribution in [-0.4, -0.2) is 88.0 Å². The summed E-state index contributed by atoms with van der Waals surface area (Å²) in [6.07, 6.45) is 3.64. The number of hydrogen-bond donors (Lipinski definition) is 1. The number of nitrogens with one attached hydrogen (secondary N) is 1. The zero-order valence-corrected chi connectivity index (χ0v) is 25.8. The highest BCUT2D eigenvalue weighted by atomic mass is 19.1. The van der Waals surface area contributed by atoms with Gasteiger partial charge in [-0.1, -0.05) is 12.1 Å². The van der Waals surface area contributed by atoms with Gasteiger partial charge in [-0.3, -0.25) is 4.79 Å². The maximum atomic E-state index is 13.5. The summed E-state index contributed by atoms with van der Waals surface area (Å²) in [4.78, 5) is 42.7. The lowest BCUT2D eigenvalue weighted by atomic mass is 9.88. The molecule has 1 aromatic heterocycles. The van der Waals surface area contributed by atoms with E-state index in [1.807, 2.05) is 0 Å².